The molecule has 0 saturated heterocycles. The molecule has 84 valence electrons. The van der Waals surface area contributed by atoms with E-state index in [1.807, 2.05) is 0 Å². The van der Waals surface area contributed by atoms with Gasteiger partial charge in [0.05, 0.1) is 0 Å². The second-order valence-corrected chi connectivity index (χ2v) is 3.97. The van der Waals surface area contributed by atoms with Gasteiger partial charge in [-0.15, -0.1) is 13.2 Å². The number of halogens is 4. The fourth-order valence-electron chi connectivity index (χ4n) is 0.932. The van der Waals surface area contributed by atoms with E-state index in [1.165, 1.54) is 18.2 Å². The molecule has 0 heterocycles. The normalized spacial score (nSPS) is 13.4. The molecule has 1 unspecified atom stereocenters. The van der Waals surface area contributed by atoms with Gasteiger partial charge in [-0.2, -0.15) is 0 Å². The number of rotatable bonds is 3. The molecule has 6 heteroatoms. The van der Waals surface area contributed by atoms with E-state index in [0.29, 0.717) is 5.75 Å². The van der Waals surface area contributed by atoms with Crippen LogP contribution in [0.4, 0.5) is 13.2 Å². The summed E-state index contributed by atoms with van der Waals surface area (Å²) in [4.78, 5) is 0. The molecule has 0 amide bonds. The lowest BCUT2D eigenvalue weighted by Gasteiger charge is -2.11. The summed E-state index contributed by atoms with van der Waals surface area (Å²) in [6.45, 7) is 1.71. The van der Waals surface area contributed by atoms with E-state index in [0.717, 1.165) is 0 Å². The van der Waals surface area contributed by atoms with Gasteiger partial charge in [-0.25, -0.2) is 0 Å². The van der Waals surface area contributed by atoms with E-state index in [-0.39, 0.29) is 10.8 Å². The first-order chi connectivity index (χ1) is 6.87. The highest BCUT2D eigenvalue weighted by molar-refractivity contribution is 9.09. The molecule has 15 heavy (non-hydrogen) atoms. The molecule has 0 aliphatic rings. The van der Waals surface area contributed by atoms with Crippen molar-refractivity contribution in [2.75, 3.05) is 0 Å². The molecular formula is C9H8BrF3O2. The lowest BCUT2D eigenvalue weighted by molar-refractivity contribution is -0.274. The van der Waals surface area contributed by atoms with E-state index in [9.17, 15) is 13.2 Å². The summed E-state index contributed by atoms with van der Waals surface area (Å²) in [6, 6.07) is 5.34. The maximum Gasteiger partial charge on any atom is 0.573 e. The highest BCUT2D eigenvalue weighted by Gasteiger charge is 2.31. The Balaban J connectivity index is 2.74. The summed E-state index contributed by atoms with van der Waals surface area (Å²) >= 11 is 3.11. The Hall–Kier alpha value is -0.910. The summed E-state index contributed by atoms with van der Waals surface area (Å²) in [5.74, 6) is 0.00859. The van der Waals surface area contributed by atoms with Crippen molar-refractivity contribution in [1.29, 1.82) is 0 Å². The Bertz CT molecular complexity index is 325. The smallest absolute Gasteiger partial charge is 0.479 e. The van der Waals surface area contributed by atoms with Gasteiger partial charge in [0.2, 0.25) is 0 Å². The molecule has 0 radical (unpaired) electrons. The summed E-state index contributed by atoms with van der Waals surface area (Å²) in [5, 5.41) is -0.279. The van der Waals surface area contributed by atoms with Crippen LogP contribution in [0.15, 0.2) is 24.3 Å². The van der Waals surface area contributed by atoms with Crippen LogP contribution in [0.2, 0.25) is 0 Å². The second kappa shape index (κ2) is 4.74. The largest absolute Gasteiger partial charge is 0.573 e. The Morgan fingerprint density at radius 1 is 1.27 bits per heavy atom. The van der Waals surface area contributed by atoms with Crippen molar-refractivity contribution in [3.05, 3.63) is 24.3 Å². The molecule has 0 aliphatic heterocycles. The molecule has 1 aromatic carbocycles. The van der Waals surface area contributed by atoms with E-state index in [2.05, 4.69) is 20.7 Å². The molecule has 0 saturated carbocycles. The van der Waals surface area contributed by atoms with Crippen LogP contribution in [0.25, 0.3) is 0 Å². The third-order valence-electron chi connectivity index (χ3n) is 1.34. The molecule has 2 nitrogen and oxygen atoms in total. The minimum absolute atomic E-state index is 0.279. The first-order valence-electron chi connectivity index (χ1n) is 4.03. The fourth-order valence-corrected chi connectivity index (χ4v) is 1.15. The number of benzene rings is 1. The standard InChI is InChI=1S/C9H8BrF3O2/c1-6(10)14-7-3-2-4-8(5-7)15-9(11,12)13/h2-6H,1H3. The Kier molecular flexibility index (Phi) is 3.84. The van der Waals surface area contributed by atoms with Crippen molar-refractivity contribution in [3.8, 4) is 11.5 Å². The van der Waals surface area contributed by atoms with Crippen LogP contribution in [0.5, 0.6) is 11.5 Å². The minimum atomic E-state index is -4.68. The molecular weight excluding hydrogens is 277 g/mol. The molecule has 1 atom stereocenters. The van der Waals surface area contributed by atoms with Crippen molar-refractivity contribution >= 4 is 15.9 Å². The first-order valence-corrected chi connectivity index (χ1v) is 4.95. The summed E-state index contributed by atoms with van der Waals surface area (Å²) in [5.41, 5.74) is 0. The van der Waals surface area contributed by atoms with Gasteiger partial charge in [-0.3, -0.25) is 0 Å². The van der Waals surface area contributed by atoms with Crippen LogP contribution in [-0.4, -0.2) is 11.4 Å². The Labute approximate surface area is 93.1 Å². The second-order valence-electron chi connectivity index (χ2n) is 2.68. The highest BCUT2D eigenvalue weighted by Crippen LogP contribution is 2.26. The van der Waals surface area contributed by atoms with Crippen LogP contribution in [0, 0.1) is 0 Å². The number of hydrogen-bond acceptors (Lipinski definition) is 2. The highest BCUT2D eigenvalue weighted by atomic mass is 79.9. The van der Waals surface area contributed by atoms with Crippen LogP contribution < -0.4 is 9.47 Å². The van der Waals surface area contributed by atoms with Crippen LogP contribution in [-0.2, 0) is 0 Å². The third-order valence-corrected chi connectivity index (χ3v) is 1.52. The molecule has 0 spiro atoms. The van der Waals surface area contributed by atoms with Gasteiger partial charge in [0, 0.05) is 6.07 Å². The van der Waals surface area contributed by atoms with Crippen molar-refractivity contribution in [2.45, 2.75) is 18.3 Å². The molecule has 0 bridgehead atoms. The summed E-state index contributed by atoms with van der Waals surface area (Å²) < 4.78 is 44.5. The molecule has 0 fully saturated rings. The van der Waals surface area contributed by atoms with Gasteiger partial charge in [-0.1, -0.05) is 6.07 Å². The van der Waals surface area contributed by atoms with Gasteiger partial charge in [0.1, 0.15) is 11.5 Å². The third kappa shape index (κ3) is 4.92. The van der Waals surface area contributed by atoms with Crippen molar-refractivity contribution in [2.24, 2.45) is 0 Å². The zero-order valence-corrected chi connectivity index (χ0v) is 9.30. The van der Waals surface area contributed by atoms with Crippen molar-refractivity contribution in [1.82, 2.24) is 0 Å². The Morgan fingerprint density at radius 3 is 2.40 bits per heavy atom. The predicted octanol–water partition coefficient (Wildman–Crippen LogP) is 3.70. The summed E-state index contributed by atoms with van der Waals surface area (Å²) in [6.07, 6.45) is -4.68. The number of ether oxygens (including phenoxy) is 2. The quantitative estimate of drug-likeness (QED) is 0.788. The summed E-state index contributed by atoms with van der Waals surface area (Å²) in [7, 11) is 0. The van der Waals surface area contributed by atoms with Gasteiger partial charge in [0.15, 0.2) is 5.01 Å². The van der Waals surface area contributed by atoms with Gasteiger partial charge in [-0.05, 0) is 35.0 Å². The number of hydrogen-bond donors (Lipinski definition) is 0. The zero-order chi connectivity index (χ0) is 11.5. The molecule has 0 N–H and O–H groups in total. The van der Waals surface area contributed by atoms with Crippen molar-refractivity contribution in [3.63, 3.8) is 0 Å². The van der Waals surface area contributed by atoms with E-state index >= 15 is 0 Å². The number of alkyl halides is 4. The predicted molar refractivity (Wildman–Crippen MR) is 52.1 cm³/mol. The van der Waals surface area contributed by atoms with Crippen LogP contribution in [0.1, 0.15) is 6.92 Å². The maximum atomic E-state index is 11.9. The average Bonchev–Trinajstić information content (AvgIpc) is 1.99. The fraction of sp³-hybridized carbons (Fsp3) is 0.333. The zero-order valence-electron chi connectivity index (χ0n) is 7.72. The lowest BCUT2D eigenvalue weighted by atomic mass is 10.3. The molecule has 0 aromatic heterocycles. The molecule has 1 aromatic rings. The lowest BCUT2D eigenvalue weighted by Crippen LogP contribution is -2.17. The topological polar surface area (TPSA) is 18.5 Å². The molecule has 1 rings (SSSR count). The average molecular weight is 285 g/mol. The van der Waals surface area contributed by atoms with Crippen LogP contribution in [0.3, 0.4) is 0 Å². The molecule has 0 aliphatic carbocycles. The SMILES string of the molecule is CC(Br)Oc1cccc(OC(F)(F)F)c1. The van der Waals surface area contributed by atoms with Gasteiger partial charge < -0.3 is 9.47 Å². The van der Waals surface area contributed by atoms with Gasteiger partial charge in [0.25, 0.3) is 0 Å². The van der Waals surface area contributed by atoms with E-state index in [4.69, 9.17) is 4.74 Å². The monoisotopic (exact) mass is 284 g/mol. The van der Waals surface area contributed by atoms with Gasteiger partial charge >= 0.3 is 6.36 Å². The van der Waals surface area contributed by atoms with E-state index < -0.39 is 6.36 Å². The minimum Gasteiger partial charge on any atom is -0.479 e. The van der Waals surface area contributed by atoms with Crippen molar-refractivity contribution < 1.29 is 22.6 Å². The Morgan fingerprint density at radius 2 is 1.87 bits per heavy atom. The maximum absolute atomic E-state index is 11.9. The first kappa shape index (κ1) is 12.2. The van der Waals surface area contributed by atoms with Crippen LogP contribution >= 0.6 is 15.9 Å². The van der Waals surface area contributed by atoms with E-state index in [1.54, 1.807) is 13.0 Å².